The van der Waals surface area contributed by atoms with E-state index in [-0.39, 0.29) is 21.4 Å². The van der Waals surface area contributed by atoms with Crippen LogP contribution in [0.15, 0.2) is 46.2 Å². The van der Waals surface area contributed by atoms with Gasteiger partial charge in [-0.1, -0.05) is 23.2 Å². The van der Waals surface area contributed by atoms with Gasteiger partial charge in [-0.3, -0.25) is 0 Å². The van der Waals surface area contributed by atoms with Crippen molar-refractivity contribution in [2.24, 2.45) is 0 Å². The van der Waals surface area contributed by atoms with Crippen LogP contribution in [0.4, 0.5) is 0 Å². The second-order valence-electron chi connectivity index (χ2n) is 3.50. The van der Waals surface area contributed by atoms with Gasteiger partial charge in [-0.25, -0.2) is 0 Å². The topological polar surface area (TPSA) is 63.5 Å². The molecular weight excluding hydrogens is 295 g/mol. The van der Waals surface area contributed by atoms with Crippen molar-refractivity contribution in [3.63, 3.8) is 0 Å². The molecule has 0 aromatic heterocycles. The number of hydrogen-bond donors (Lipinski definition) is 2. The lowest BCUT2D eigenvalue weighted by molar-refractivity contribution is 0.458. The van der Waals surface area contributed by atoms with Crippen LogP contribution >= 0.6 is 23.2 Å². The molecule has 0 amide bonds. The molecule has 0 aliphatic carbocycles. The van der Waals surface area contributed by atoms with Crippen LogP contribution in [0.1, 0.15) is 0 Å². The molecule has 0 aliphatic rings. The van der Waals surface area contributed by atoms with Crippen LogP contribution in [-0.2, 0) is 11.2 Å². The Hall–Kier alpha value is -1.07. The maximum absolute atomic E-state index is 12.3. The van der Waals surface area contributed by atoms with E-state index in [1.54, 1.807) is 0 Å². The van der Waals surface area contributed by atoms with Crippen LogP contribution in [-0.4, -0.2) is 14.8 Å². The first-order valence-corrected chi connectivity index (χ1v) is 6.78. The van der Waals surface area contributed by atoms with Crippen molar-refractivity contribution < 1.29 is 14.8 Å². The van der Waals surface area contributed by atoms with Gasteiger partial charge in [0.1, 0.15) is 5.75 Å². The number of hydrogen-bond acceptors (Lipinski definition) is 3. The summed E-state index contributed by atoms with van der Waals surface area (Å²) < 4.78 is 12.3. The fourth-order valence-corrected chi connectivity index (χ4v) is 3.06. The summed E-state index contributed by atoms with van der Waals surface area (Å²) in [4.78, 5) is 0.527. The zero-order valence-corrected chi connectivity index (χ0v) is 11.3. The Bertz CT molecular complexity index is 538. The van der Waals surface area contributed by atoms with Crippen LogP contribution in [0.2, 0.25) is 10.0 Å². The second kappa shape index (κ2) is 5.28. The van der Waals surface area contributed by atoms with Crippen molar-refractivity contribution in [3.8, 4) is 11.5 Å². The summed E-state index contributed by atoms with van der Waals surface area (Å²) in [6.45, 7) is 0. The maximum atomic E-state index is 12.3. The maximum Gasteiger partial charge on any atom is 0.200 e. The fraction of sp³-hybridized carbons (Fsp3) is 0. The smallest absolute Gasteiger partial charge is 0.200 e. The van der Waals surface area contributed by atoms with Gasteiger partial charge in [0.05, 0.1) is 5.02 Å². The highest BCUT2D eigenvalue weighted by Gasteiger charge is 2.22. The van der Waals surface area contributed by atoms with Crippen LogP contribution < -0.4 is 0 Å². The van der Waals surface area contributed by atoms with Crippen molar-refractivity contribution in [3.05, 3.63) is 46.4 Å². The van der Waals surface area contributed by atoms with Crippen molar-refractivity contribution in [2.75, 3.05) is 0 Å². The minimum atomic E-state index is -1.64. The van der Waals surface area contributed by atoms with Crippen LogP contribution in [0.25, 0.3) is 0 Å². The molecule has 2 rings (SSSR count). The predicted octanol–water partition coefficient (Wildman–Crippen LogP) is 3.57. The molecule has 6 heteroatoms. The third-order valence-electron chi connectivity index (χ3n) is 2.24. The van der Waals surface area contributed by atoms with E-state index in [2.05, 4.69) is 0 Å². The Morgan fingerprint density at radius 3 is 2.22 bits per heavy atom. The molecule has 2 aromatic rings. The Kier molecular flexibility index (Phi) is 3.92. The normalized spacial score (nSPS) is 12.4. The number of rotatable bonds is 2. The number of aromatic hydroxyl groups is 2. The molecule has 0 bridgehead atoms. The van der Waals surface area contributed by atoms with Crippen molar-refractivity contribution >= 4 is 34.4 Å². The van der Waals surface area contributed by atoms with E-state index in [9.17, 15) is 14.8 Å². The second-order valence-corrected chi connectivity index (χ2v) is 5.76. The minimum absolute atomic E-state index is 0.0129. The Morgan fingerprint density at radius 1 is 0.944 bits per heavy atom. The van der Waals surface area contributed by atoms with Gasteiger partial charge in [-0.05, 0) is 24.3 Å². The van der Waals surface area contributed by atoms with Gasteiger partial charge in [-0.2, -0.15) is 0 Å². The average molecular weight is 303 g/mol. The van der Waals surface area contributed by atoms with Crippen LogP contribution in [0.3, 0.4) is 0 Å². The fourth-order valence-electron chi connectivity index (χ4n) is 1.41. The first kappa shape index (κ1) is 13.4. The van der Waals surface area contributed by atoms with E-state index in [0.29, 0.717) is 9.92 Å². The molecule has 0 heterocycles. The molecule has 0 spiro atoms. The van der Waals surface area contributed by atoms with Crippen LogP contribution in [0, 0.1) is 0 Å². The first-order valence-electron chi connectivity index (χ1n) is 4.88. The minimum Gasteiger partial charge on any atom is -0.606 e. The Labute approximate surface area is 117 Å². The lowest BCUT2D eigenvalue weighted by Gasteiger charge is -2.12. The Morgan fingerprint density at radius 2 is 1.61 bits per heavy atom. The first-order chi connectivity index (χ1) is 8.49. The largest absolute Gasteiger partial charge is 0.606 e. The van der Waals surface area contributed by atoms with Gasteiger partial charge < -0.3 is 14.8 Å². The van der Waals surface area contributed by atoms with Gasteiger partial charge in [-0.15, -0.1) is 0 Å². The summed E-state index contributed by atoms with van der Waals surface area (Å²) in [5.41, 5.74) is 0. The molecule has 1 unspecified atom stereocenters. The standard InChI is InChI=1S/C12H8Cl2O3S/c13-7-1-3-12(10(16)5-7)18(17)11-4-2-8(15)6-9(11)14/h1-6,15-16H. The highest BCUT2D eigenvalue weighted by Crippen LogP contribution is 2.34. The molecule has 18 heavy (non-hydrogen) atoms. The lowest BCUT2D eigenvalue weighted by atomic mass is 10.3. The van der Waals surface area contributed by atoms with Gasteiger partial charge in [0.2, 0.25) is 0 Å². The third-order valence-corrected chi connectivity index (χ3v) is 4.40. The molecular formula is C12H8Cl2O3S. The third kappa shape index (κ3) is 2.67. The number of benzene rings is 2. The summed E-state index contributed by atoms with van der Waals surface area (Å²) in [5, 5.41) is 19.5. The van der Waals surface area contributed by atoms with Gasteiger partial charge in [0, 0.05) is 28.3 Å². The number of phenolic OH excluding ortho intramolecular Hbond substituents is 2. The monoisotopic (exact) mass is 302 g/mol. The molecule has 3 nitrogen and oxygen atoms in total. The highest BCUT2D eigenvalue weighted by atomic mass is 35.5. The Balaban J connectivity index is 2.44. The summed E-state index contributed by atoms with van der Waals surface area (Å²) in [6.07, 6.45) is 0. The van der Waals surface area contributed by atoms with Crippen molar-refractivity contribution in [1.29, 1.82) is 0 Å². The van der Waals surface area contributed by atoms with Crippen LogP contribution in [0.5, 0.6) is 11.5 Å². The van der Waals surface area contributed by atoms with E-state index >= 15 is 0 Å². The zero-order chi connectivity index (χ0) is 13.3. The summed E-state index contributed by atoms with van der Waals surface area (Å²) in [5.74, 6) is -0.175. The quantitative estimate of drug-likeness (QED) is 0.834. The molecule has 0 fully saturated rings. The summed E-state index contributed by atoms with van der Waals surface area (Å²) >= 11 is 9.96. The predicted molar refractivity (Wildman–Crippen MR) is 70.9 cm³/mol. The molecule has 0 saturated carbocycles. The van der Waals surface area contributed by atoms with E-state index in [4.69, 9.17) is 23.2 Å². The zero-order valence-electron chi connectivity index (χ0n) is 8.93. The molecule has 94 valence electrons. The van der Waals surface area contributed by atoms with E-state index < -0.39 is 11.2 Å². The number of halogens is 2. The molecule has 0 aliphatic heterocycles. The van der Waals surface area contributed by atoms with E-state index in [1.807, 2.05) is 0 Å². The molecule has 2 N–H and O–H groups in total. The van der Waals surface area contributed by atoms with Crippen molar-refractivity contribution in [1.82, 2.24) is 0 Å². The van der Waals surface area contributed by atoms with Gasteiger partial charge in [0.15, 0.2) is 15.5 Å². The van der Waals surface area contributed by atoms with Gasteiger partial charge in [0.25, 0.3) is 0 Å². The van der Waals surface area contributed by atoms with Gasteiger partial charge >= 0.3 is 0 Å². The molecule has 2 aromatic carbocycles. The van der Waals surface area contributed by atoms with E-state index in [0.717, 1.165) is 0 Å². The average Bonchev–Trinajstić information content (AvgIpc) is 2.28. The summed E-state index contributed by atoms with van der Waals surface area (Å²) in [7, 11) is 0. The SMILES string of the molecule is [O-][S+](c1ccc(Cl)cc1O)c1ccc(O)cc1Cl. The molecule has 0 radical (unpaired) electrons. The molecule has 1 atom stereocenters. The number of phenols is 2. The highest BCUT2D eigenvalue weighted by molar-refractivity contribution is 7.91. The molecule has 0 saturated heterocycles. The summed E-state index contributed by atoms with van der Waals surface area (Å²) in [6, 6.07) is 8.43. The lowest BCUT2D eigenvalue weighted by Crippen LogP contribution is -2.03. The van der Waals surface area contributed by atoms with E-state index in [1.165, 1.54) is 36.4 Å². The van der Waals surface area contributed by atoms with Crippen molar-refractivity contribution in [2.45, 2.75) is 9.79 Å².